The molecule has 26 heavy (non-hydrogen) atoms. The van der Waals surface area contributed by atoms with Gasteiger partial charge < -0.3 is 19.7 Å². The highest BCUT2D eigenvalue weighted by atomic mass is 16.5. The molecule has 0 saturated heterocycles. The Hall–Kier alpha value is -2.38. The van der Waals surface area contributed by atoms with Crippen molar-refractivity contribution >= 4 is 5.96 Å². The molecule has 3 rings (SSSR count). The van der Waals surface area contributed by atoms with E-state index in [0.29, 0.717) is 13.1 Å². The van der Waals surface area contributed by atoms with Crippen LogP contribution >= 0.6 is 0 Å². The molecule has 1 aliphatic heterocycles. The normalized spacial score (nSPS) is 14.3. The molecule has 0 fully saturated rings. The van der Waals surface area contributed by atoms with Gasteiger partial charge in [-0.25, -0.2) is 4.99 Å². The van der Waals surface area contributed by atoms with E-state index in [1.54, 1.807) is 0 Å². The van der Waals surface area contributed by atoms with Crippen molar-refractivity contribution in [1.82, 2.24) is 30.6 Å². The van der Waals surface area contributed by atoms with E-state index in [1.165, 1.54) is 12.8 Å². The molecule has 8 heteroatoms. The van der Waals surface area contributed by atoms with Crippen LogP contribution in [0.25, 0.3) is 0 Å². The van der Waals surface area contributed by atoms with Gasteiger partial charge in [-0.1, -0.05) is 19.0 Å². The average Bonchev–Trinajstić information content (AvgIpc) is 3.27. The first-order valence-electron chi connectivity index (χ1n) is 9.66. The topological polar surface area (TPSA) is 93.2 Å². The molecule has 0 unspecified atom stereocenters. The Morgan fingerprint density at radius 1 is 1.15 bits per heavy atom. The summed E-state index contributed by atoms with van der Waals surface area (Å²) in [4.78, 5) is 4.72. The van der Waals surface area contributed by atoms with Crippen molar-refractivity contribution in [2.75, 3.05) is 6.54 Å². The fraction of sp³-hybridized carbons (Fsp3) is 0.667. The largest absolute Gasteiger partial charge is 0.361 e. The van der Waals surface area contributed by atoms with Crippen molar-refractivity contribution in [2.24, 2.45) is 4.99 Å². The lowest BCUT2D eigenvalue weighted by molar-refractivity contribution is 0.380. The van der Waals surface area contributed by atoms with E-state index in [-0.39, 0.29) is 0 Å². The fourth-order valence-corrected chi connectivity index (χ4v) is 3.28. The van der Waals surface area contributed by atoms with Crippen LogP contribution < -0.4 is 10.6 Å². The van der Waals surface area contributed by atoms with E-state index in [1.807, 2.05) is 0 Å². The maximum atomic E-state index is 5.43. The summed E-state index contributed by atoms with van der Waals surface area (Å²) in [5.74, 6) is 3.76. The molecule has 0 bridgehead atoms. The number of hydrogen-bond donors (Lipinski definition) is 2. The lowest BCUT2D eigenvalue weighted by Gasteiger charge is -2.16. The molecule has 3 heterocycles. The lowest BCUT2D eigenvalue weighted by atomic mass is 10.1. The van der Waals surface area contributed by atoms with Gasteiger partial charge in [0.1, 0.15) is 11.6 Å². The first-order valence-corrected chi connectivity index (χ1v) is 9.66. The van der Waals surface area contributed by atoms with Crippen molar-refractivity contribution in [1.29, 1.82) is 0 Å². The van der Waals surface area contributed by atoms with E-state index < -0.39 is 0 Å². The number of rotatable bonds is 7. The highest BCUT2D eigenvalue weighted by Gasteiger charge is 2.16. The quantitative estimate of drug-likeness (QED) is 0.580. The first kappa shape index (κ1) is 18.4. The van der Waals surface area contributed by atoms with Crippen LogP contribution in [0.2, 0.25) is 0 Å². The van der Waals surface area contributed by atoms with Crippen molar-refractivity contribution in [2.45, 2.75) is 72.5 Å². The van der Waals surface area contributed by atoms with E-state index >= 15 is 0 Å². The van der Waals surface area contributed by atoms with Crippen LogP contribution in [-0.2, 0) is 38.9 Å². The summed E-state index contributed by atoms with van der Waals surface area (Å²) in [6.45, 7) is 9.20. The fourth-order valence-electron chi connectivity index (χ4n) is 3.28. The van der Waals surface area contributed by atoms with E-state index in [9.17, 15) is 0 Å². The Kier molecular flexibility index (Phi) is 6.25. The van der Waals surface area contributed by atoms with Crippen LogP contribution in [-0.4, -0.2) is 32.4 Å². The lowest BCUT2D eigenvalue weighted by Crippen LogP contribution is -2.37. The molecule has 8 nitrogen and oxygen atoms in total. The van der Waals surface area contributed by atoms with E-state index in [4.69, 9.17) is 9.52 Å². The molecule has 2 N–H and O–H groups in total. The SMILES string of the molecule is CCNC(=NCc1c(CC)noc1CC)NCc1nnc2n1CCCC2. The third-order valence-corrected chi connectivity index (χ3v) is 4.70. The number of guanidine groups is 1. The zero-order valence-corrected chi connectivity index (χ0v) is 16.0. The van der Waals surface area contributed by atoms with Gasteiger partial charge in [-0.2, -0.15) is 0 Å². The van der Waals surface area contributed by atoms with Gasteiger partial charge in [0.05, 0.1) is 18.8 Å². The second-order valence-electron chi connectivity index (χ2n) is 6.43. The van der Waals surface area contributed by atoms with Crippen LogP contribution in [0.3, 0.4) is 0 Å². The van der Waals surface area contributed by atoms with Gasteiger partial charge in [0, 0.05) is 31.5 Å². The standard InChI is InChI=1S/C18H29N7O/c1-4-14-13(15(5-2)26-24-14)11-20-18(19-6-3)21-12-17-23-22-16-9-7-8-10-25(16)17/h4-12H2,1-3H3,(H2,19,20,21). The molecule has 2 aromatic rings. The second-order valence-corrected chi connectivity index (χ2v) is 6.43. The summed E-state index contributed by atoms with van der Waals surface area (Å²) < 4.78 is 7.65. The Bertz CT molecular complexity index is 725. The molecule has 1 aliphatic rings. The minimum absolute atomic E-state index is 0.559. The maximum absolute atomic E-state index is 5.43. The van der Waals surface area contributed by atoms with Crippen molar-refractivity contribution in [3.63, 3.8) is 0 Å². The molecular formula is C18H29N7O. The molecule has 0 radical (unpaired) electrons. The molecule has 0 atom stereocenters. The van der Waals surface area contributed by atoms with Crippen LogP contribution in [0.4, 0.5) is 0 Å². The highest BCUT2D eigenvalue weighted by Crippen LogP contribution is 2.17. The smallest absolute Gasteiger partial charge is 0.191 e. The summed E-state index contributed by atoms with van der Waals surface area (Å²) in [5, 5.41) is 19.5. The van der Waals surface area contributed by atoms with E-state index in [0.717, 1.165) is 67.0 Å². The Morgan fingerprint density at radius 3 is 2.81 bits per heavy atom. The van der Waals surface area contributed by atoms with Crippen molar-refractivity contribution in [3.8, 4) is 0 Å². The van der Waals surface area contributed by atoms with Gasteiger partial charge in [0.15, 0.2) is 11.8 Å². The number of aliphatic imine (C=N–C) groups is 1. The van der Waals surface area contributed by atoms with Crippen LogP contribution in [0.1, 0.15) is 62.3 Å². The number of nitrogens with zero attached hydrogens (tertiary/aromatic N) is 5. The molecule has 0 saturated carbocycles. The monoisotopic (exact) mass is 359 g/mol. The third-order valence-electron chi connectivity index (χ3n) is 4.70. The third kappa shape index (κ3) is 4.05. The zero-order valence-electron chi connectivity index (χ0n) is 16.0. The van der Waals surface area contributed by atoms with Crippen LogP contribution in [0, 0.1) is 0 Å². The number of nitrogens with one attached hydrogen (secondary N) is 2. The van der Waals surface area contributed by atoms with Gasteiger partial charge in [0.25, 0.3) is 0 Å². The molecule has 142 valence electrons. The first-order chi connectivity index (χ1) is 12.8. The Morgan fingerprint density at radius 2 is 2.04 bits per heavy atom. The summed E-state index contributed by atoms with van der Waals surface area (Å²) in [6, 6.07) is 0. The van der Waals surface area contributed by atoms with Crippen LogP contribution in [0.15, 0.2) is 9.52 Å². The molecular weight excluding hydrogens is 330 g/mol. The van der Waals surface area contributed by atoms with Gasteiger partial charge in [-0.15, -0.1) is 10.2 Å². The average molecular weight is 359 g/mol. The predicted molar refractivity (Wildman–Crippen MR) is 99.9 cm³/mol. The number of hydrogen-bond acceptors (Lipinski definition) is 5. The molecule has 0 spiro atoms. The predicted octanol–water partition coefficient (Wildman–Crippen LogP) is 1.98. The summed E-state index contributed by atoms with van der Waals surface area (Å²) >= 11 is 0. The Labute approximate surface area is 154 Å². The Balaban J connectivity index is 1.68. The molecule has 2 aromatic heterocycles. The highest BCUT2D eigenvalue weighted by molar-refractivity contribution is 5.79. The summed E-state index contributed by atoms with van der Waals surface area (Å²) in [6.07, 6.45) is 5.10. The maximum Gasteiger partial charge on any atom is 0.191 e. The summed E-state index contributed by atoms with van der Waals surface area (Å²) in [5.41, 5.74) is 2.10. The number of fused-ring (bicyclic) bond motifs is 1. The van der Waals surface area contributed by atoms with Gasteiger partial charge >= 0.3 is 0 Å². The summed E-state index contributed by atoms with van der Waals surface area (Å²) in [7, 11) is 0. The van der Waals surface area contributed by atoms with Crippen molar-refractivity contribution < 1.29 is 4.52 Å². The molecule has 0 aromatic carbocycles. The number of aromatic nitrogens is 4. The number of aryl methyl sites for hydroxylation is 3. The molecule has 0 aliphatic carbocycles. The minimum atomic E-state index is 0.559. The van der Waals surface area contributed by atoms with Gasteiger partial charge in [0.2, 0.25) is 0 Å². The second kappa shape index (κ2) is 8.82. The van der Waals surface area contributed by atoms with Gasteiger partial charge in [-0.3, -0.25) is 0 Å². The van der Waals surface area contributed by atoms with Crippen LogP contribution in [0.5, 0.6) is 0 Å². The minimum Gasteiger partial charge on any atom is -0.361 e. The van der Waals surface area contributed by atoms with Crippen molar-refractivity contribution in [3.05, 3.63) is 28.7 Å². The van der Waals surface area contributed by atoms with Gasteiger partial charge in [-0.05, 0) is 26.2 Å². The molecule has 0 amide bonds. The zero-order chi connectivity index (χ0) is 18.4. The van der Waals surface area contributed by atoms with E-state index in [2.05, 4.69) is 51.3 Å².